The topological polar surface area (TPSA) is 47.0 Å². The summed E-state index contributed by atoms with van der Waals surface area (Å²) in [5.41, 5.74) is 3.67. The van der Waals surface area contributed by atoms with Crippen LogP contribution in [0.25, 0.3) is 0 Å². The Labute approximate surface area is 184 Å². The molecule has 0 aliphatic carbocycles. The molecule has 0 bridgehead atoms. The minimum Gasteiger partial charge on any atom is -0.371 e. The van der Waals surface area contributed by atoms with Gasteiger partial charge in [0.05, 0.1) is 23.1 Å². The number of nitrogens with zero attached hydrogens (tertiary/aromatic N) is 2. The molecule has 4 nitrogen and oxygen atoms in total. The van der Waals surface area contributed by atoms with Crippen molar-refractivity contribution in [3.05, 3.63) is 80.0 Å². The smallest absolute Gasteiger partial charge is 0.0960 e. The lowest BCUT2D eigenvalue weighted by Crippen LogP contribution is -2.31. The molecule has 4 rings (SSSR count). The van der Waals surface area contributed by atoms with Crippen LogP contribution in [0.5, 0.6) is 0 Å². The molecule has 1 aliphatic heterocycles. The van der Waals surface area contributed by atoms with E-state index in [-0.39, 0.29) is 0 Å². The Hall–Kier alpha value is -1.60. The molecule has 3 heterocycles. The number of nitrogens with one attached hydrogen (secondary N) is 1. The van der Waals surface area contributed by atoms with E-state index in [0.717, 1.165) is 36.0 Å². The molecule has 2 unspecified atom stereocenters. The predicted octanol–water partition coefficient (Wildman–Crippen LogP) is 5.79. The lowest BCUT2D eigenvalue weighted by molar-refractivity contribution is 0.108. The Morgan fingerprint density at radius 1 is 1.21 bits per heavy atom. The van der Waals surface area contributed by atoms with Crippen molar-refractivity contribution >= 4 is 27.3 Å². The van der Waals surface area contributed by atoms with Crippen LogP contribution in [0.3, 0.4) is 0 Å². The van der Waals surface area contributed by atoms with Gasteiger partial charge in [0.15, 0.2) is 0 Å². The number of benzene rings is 1. The van der Waals surface area contributed by atoms with Crippen molar-refractivity contribution in [3.8, 4) is 0 Å². The van der Waals surface area contributed by atoms with E-state index in [0.29, 0.717) is 25.2 Å². The van der Waals surface area contributed by atoms with Gasteiger partial charge in [0.25, 0.3) is 0 Å². The molecule has 1 aliphatic rings. The summed E-state index contributed by atoms with van der Waals surface area (Å²) in [5, 5.41) is 4.91. The highest BCUT2D eigenvalue weighted by atomic mass is 79.9. The maximum atomic E-state index is 5.92. The first-order valence-electron chi connectivity index (χ1n) is 10.2. The monoisotopic (exact) mass is 471 g/mol. The van der Waals surface area contributed by atoms with Gasteiger partial charge in [-0.1, -0.05) is 41.1 Å². The van der Waals surface area contributed by atoms with Gasteiger partial charge < -0.3 is 10.1 Å². The largest absolute Gasteiger partial charge is 0.371 e. The van der Waals surface area contributed by atoms with Crippen molar-refractivity contribution in [3.63, 3.8) is 0 Å². The van der Waals surface area contributed by atoms with Crippen LogP contribution >= 0.6 is 27.3 Å². The summed E-state index contributed by atoms with van der Waals surface area (Å²) in [7, 11) is 0. The fraction of sp³-hybridized carbons (Fsp3) is 0.391. The van der Waals surface area contributed by atoms with Gasteiger partial charge in [0.2, 0.25) is 0 Å². The standard InChI is InChI=1S/C23H26BrN3OS/c1-2-19-11-16(7-9-25-19)22-12-17(8-10-26-22)23-27-13-20(29-23)15-28-14-18-5-3-4-6-21(18)24/h3-7,9,11,13,17,22,26H,2,8,10,12,14-15H2,1H3. The van der Waals surface area contributed by atoms with Gasteiger partial charge in [-0.25, -0.2) is 4.98 Å². The maximum absolute atomic E-state index is 5.92. The van der Waals surface area contributed by atoms with E-state index in [2.05, 4.69) is 51.4 Å². The highest BCUT2D eigenvalue weighted by Gasteiger charge is 2.26. The summed E-state index contributed by atoms with van der Waals surface area (Å²) in [4.78, 5) is 10.4. The van der Waals surface area contributed by atoms with E-state index in [4.69, 9.17) is 9.72 Å². The van der Waals surface area contributed by atoms with Crippen molar-refractivity contribution in [1.29, 1.82) is 0 Å². The molecule has 3 aromatic rings. The number of halogens is 1. The molecule has 1 N–H and O–H groups in total. The molecule has 6 heteroatoms. The average Bonchev–Trinajstić information content (AvgIpc) is 3.24. The normalized spacial score (nSPS) is 19.4. The first-order valence-corrected chi connectivity index (χ1v) is 11.8. The van der Waals surface area contributed by atoms with Crippen LogP contribution < -0.4 is 5.32 Å². The second-order valence-corrected chi connectivity index (χ2v) is 9.41. The number of hydrogen-bond acceptors (Lipinski definition) is 5. The first kappa shape index (κ1) is 20.7. The highest BCUT2D eigenvalue weighted by molar-refractivity contribution is 9.10. The number of aromatic nitrogens is 2. The Kier molecular flexibility index (Phi) is 7.08. The fourth-order valence-electron chi connectivity index (χ4n) is 3.76. The quantitative estimate of drug-likeness (QED) is 0.473. The molecular formula is C23H26BrN3OS. The fourth-order valence-corrected chi connectivity index (χ4v) is 5.16. The van der Waals surface area contributed by atoms with Crippen molar-refractivity contribution in [2.45, 2.75) is 51.4 Å². The molecule has 2 atom stereocenters. The van der Waals surface area contributed by atoms with Crippen molar-refractivity contribution in [2.24, 2.45) is 0 Å². The van der Waals surface area contributed by atoms with Crippen LogP contribution in [0.15, 0.2) is 53.3 Å². The van der Waals surface area contributed by atoms with Crippen molar-refractivity contribution < 1.29 is 4.74 Å². The van der Waals surface area contributed by atoms with Gasteiger partial charge in [-0.3, -0.25) is 4.98 Å². The van der Waals surface area contributed by atoms with Gasteiger partial charge in [-0.05, 0) is 55.1 Å². The van der Waals surface area contributed by atoms with Crippen LogP contribution in [0.1, 0.15) is 58.4 Å². The number of ether oxygens (including phenoxy) is 1. The molecule has 2 aromatic heterocycles. The Bertz CT molecular complexity index is 945. The van der Waals surface area contributed by atoms with E-state index < -0.39 is 0 Å². The number of aryl methyl sites for hydroxylation is 1. The molecule has 29 heavy (non-hydrogen) atoms. The number of piperidine rings is 1. The first-order chi connectivity index (χ1) is 14.2. The molecule has 0 amide bonds. The molecule has 0 spiro atoms. The van der Waals surface area contributed by atoms with Crippen LogP contribution in [0, 0.1) is 0 Å². The minimum absolute atomic E-state index is 0.376. The van der Waals surface area contributed by atoms with E-state index >= 15 is 0 Å². The molecule has 1 aromatic carbocycles. The summed E-state index contributed by atoms with van der Waals surface area (Å²) >= 11 is 5.37. The van der Waals surface area contributed by atoms with E-state index in [9.17, 15) is 0 Å². The summed E-state index contributed by atoms with van der Waals surface area (Å²) < 4.78 is 7.02. The number of rotatable bonds is 7. The average molecular weight is 472 g/mol. The summed E-state index contributed by atoms with van der Waals surface area (Å²) in [6, 6.07) is 12.9. The zero-order chi connectivity index (χ0) is 20.1. The number of pyridine rings is 1. The Balaban J connectivity index is 1.35. The van der Waals surface area contributed by atoms with Crippen LogP contribution in [-0.2, 0) is 24.4 Å². The molecule has 0 radical (unpaired) electrons. The Morgan fingerprint density at radius 3 is 2.97 bits per heavy atom. The molecule has 1 fully saturated rings. The van der Waals surface area contributed by atoms with Gasteiger partial charge in [0.1, 0.15) is 0 Å². The molecule has 0 saturated carbocycles. The van der Waals surface area contributed by atoms with E-state index in [1.807, 2.05) is 30.6 Å². The van der Waals surface area contributed by atoms with Crippen molar-refractivity contribution in [2.75, 3.05) is 6.54 Å². The zero-order valence-electron chi connectivity index (χ0n) is 16.6. The van der Waals surface area contributed by atoms with Crippen LogP contribution in [0.4, 0.5) is 0 Å². The van der Waals surface area contributed by atoms with Gasteiger partial charge in [0, 0.05) is 34.5 Å². The van der Waals surface area contributed by atoms with Crippen LogP contribution in [-0.4, -0.2) is 16.5 Å². The number of thiazole rings is 1. The Morgan fingerprint density at radius 2 is 2.10 bits per heavy atom. The second-order valence-electron chi connectivity index (χ2n) is 7.41. The SMILES string of the molecule is CCc1cc(C2CC(c3ncc(COCc4ccccc4Br)s3)CCN2)ccn1. The van der Waals surface area contributed by atoms with E-state index in [1.54, 1.807) is 11.3 Å². The lowest BCUT2D eigenvalue weighted by Gasteiger charge is -2.29. The van der Waals surface area contributed by atoms with Gasteiger partial charge >= 0.3 is 0 Å². The minimum atomic E-state index is 0.376. The zero-order valence-corrected chi connectivity index (χ0v) is 19.0. The summed E-state index contributed by atoms with van der Waals surface area (Å²) in [5.74, 6) is 0.501. The second kappa shape index (κ2) is 9.94. The third-order valence-corrected chi connectivity index (χ3v) is 7.30. The third-order valence-electron chi connectivity index (χ3n) is 5.39. The lowest BCUT2D eigenvalue weighted by atomic mass is 9.89. The highest BCUT2D eigenvalue weighted by Crippen LogP contribution is 2.36. The molecule has 152 valence electrons. The van der Waals surface area contributed by atoms with Gasteiger partial charge in [-0.2, -0.15) is 0 Å². The van der Waals surface area contributed by atoms with Gasteiger partial charge in [-0.15, -0.1) is 11.3 Å². The van der Waals surface area contributed by atoms with Crippen LogP contribution in [0.2, 0.25) is 0 Å². The third kappa shape index (κ3) is 5.31. The molecule has 1 saturated heterocycles. The molecular weight excluding hydrogens is 446 g/mol. The maximum Gasteiger partial charge on any atom is 0.0960 e. The number of hydrogen-bond donors (Lipinski definition) is 1. The summed E-state index contributed by atoms with van der Waals surface area (Å²) in [6.45, 7) is 4.38. The van der Waals surface area contributed by atoms with Crippen molar-refractivity contribution in [1.82, 2.24) is 15.3 Å². The van der Waals surface area contributed by atoms with E-state index in [1.165, 1.54) is 21.0 Å². The summed E-state index contributed by atoms with van der Waals surface area (Å²) in [6.07, 6.45) is 7.10. The predicted molar refractivity (Wildman–Crippen MR) is 121 cm³/mol.